The third-order valence-electron chi connectivity index (χ3n) is 3.22. The fourth-order valence-corrected chi connectivity index (χ4v) is 2.64. The number of hydrogen-bond acceptors (Lipinski definition) is 5. The van der Waals surface area contributed by atoms with Crippen molar-refractivity contribution >= 4 is 21.8 Å². The normalized spacial score (nSPS) is 19.6. The van der Waals surface area contributed by atoms with Crippen LogP contribution >= 0.6 is 15.9 Å². The van der Waals surface area contributed by atoms with E-state index in [0.29, 0.717) is 18.1 Å². The number of piperidine rings is 1. The van der Waals surface area contributed by atoms with Crippen molar-refractivity contribution in [1.29, 1.82) is 0 Å². The Morgan fingerprint density at radius 1 is 1.47 bits per heavy atom. The number of nitrogens with zero attached hydrogens (tertiary/aromatic N) is 3. The highest BCUT2D eigenvalue weighted by Crippen LogP contribution is 2.30. The number of hydrogen-bond donors (Lipinski definition) is 0. The Morgan fingerprint density at radius 2 is 2.37 bits per heavy atom. The van der Waals surface area contributed by atoms with Crippen molar-refractivity contribution < 1.29 is 13.7 Å². The van der Waals surface area contributed by atoms with E-state index in [1.807, 2.05) is 0 Å². The monoisotopic (exact) mass is 325 g/mol. The molecule has 1 aliphatic heterocycles. The largest absolute Gasteiger partial charge is 0.458 e. The molecular formula is C12H12BrN3O3. The molecule has 3 heterocycles. The fourth-order valence-electron chi connectivity index (χ4n) is 2.34. The van der Waals surface area contributed by atoms with Crippen LogP contribution < -0.4 is 0 Å². The molecule has 0 saturated carbocycles. The summed E-state index contributed by atoms with van der Waals surface area (Å²) in [6.07, 6.45) is 5.65. The first-order chi connectivity index (χ1) is 9.25. The van der Waals surface area contributed by atoms with Gasteiger partial charge in [-0.2, -0.15) is 4.98 Å². The molecule has 0 aromatic carbocycles. The molecule has 6 nitrogen and oxygen atoms in total. The molecule has 1 amide bonds. The summed E-state index contributed by atoms with van der Waals surface area (Å²) in [6, 6.07) is 1.54. The Hall–Kier alpha value is -1.63. The minimum Gasteiger partial charge on any atom is -0.458 e. The third kappa shape index (κ3) is 2.42. The molecule has 1 saturated heterocycles. The second kappa shape index (κ2) is 5.16. The molecule has 0 radical (unpaired) electrons. The zero-order valence-electron chi connectivity index (χ0n) is 10.1. The smallest absolute Gasteiger partial charge is 0.290 e. The van der Waals surface area contributed by atoms with Gasteiger partial charge in [0.1, 0.15) is 6.26 Å². The van der Waals surface area contributed by atoms with Crippen molar-refractivity contribution in [3.05, 3.63) is 34.8 Å². The fraction of sp³-hybridized carbons (Fsp3) is 0.417. The van der Waals surface area contributed by atoms with Gasteiger partial charge in [-0.1, -0.05) is 5.16 Å². The number of halogens is 1. The van der Waals surface area contributed by atoms with Gasteiger partial charge < -0.3 is 13.8 Å². The van der Waals surface area contributed by atoms with Gasteiger partial charge in [0.25, 0.3) is 5.91 Å². The van der Waals surface area contributed by atoms with Crippen molar-refractivity contribution in [2.45, 2.75) is 25.3 Å². The van der Waals surface area contributed by atoms with E-state index >= 15 is 0 Å². The molecule has 3 rings (SSSR count). The molecule has 1 atom stereocenters. The van der Waals surface area contributed by atoms with E-state index in [1.165, 1.54) is 12.7 Å². The molecule has 1 aliphatic rings. The quantitative estimate of drug-likeness (QED) is 0.848. The lowest BCUT2D eigenvalue weighted by atomic mass is 10.0. The lowest BCUT2D eigenvalue weighted by molar-refractivity contribution is 0.0564. The van der Waals surface area contributed by atoms with Crippen molar-refractivity contribution in [1.82, 2.24) is 15.0 Å². The molecule has 1 fully saturated rings. The first-order valence-electron chi connectivity index (χ1n) is 6.07. The molecule has 1 unspecified atom stereocenters. The number of carbonyl (C=O) groups excluding carboxylic acids is 1. The zero-order valence-corrected chi connectivity index (χ0v) is 11.7. The summed E-state index contributed by atoms with van der Waals surface area (Å²) in [6.45, 7) is 0.677. The molecule has 2 aromatic heterocycles. The van der Waals surface area contributed by atoms with Gasteiger partial charge in [0, 0.05) is 12.6 Å². The Bertz CT molecular complexity index is 567. The van der Waals surface area contributed by atoms with Gasteiger partial charge in [-0.25, -0.2) is 0 Å². The molecule has 2 aromatic rings. The lowest BCUT2D eigenvalue weighted by Gasteiger charge is -2.33. The maximum atomic E-state index is 12.4. The number of rotatable bonds is 2. The first kappa shape index (κ1) is 12.4. The summed E-state index contributed by atoms with van der Waals surface area (Å²) in [5.74, 6) is 0.737. The second-order valence-corrected chi connectivity index (χ2v) is 5.34. The summed E-state index contributed by atoms with van der Waals surface area (Å²) >= 11 is 3.27. The highest BCUT2D eigenvalue weighted by Gasteiger charge is 2.32. The van der Waals surface area contributed by atoms with Gasteiger partial charge in [-0.05, 0) is 35.2 Å². The van der Waals surface area contributed by atoms with Gasteiger partial charge in [0.05, 0.1) is 10.5 Å². The van der Waals surface area contributed by atoms with Crippen molar-refractivity contribution in [3.63, 3.8) is 0 Å². The average molecular weight is 326 g/mol. The van der Waals surface area contributed by atoms with E-state index in [1.54, 1.807) is 11.0 Å². The van der Waals surface area contributed by atoms with Crippen molar-refractivity contribution in [3.8, 4) is 0 Å². The lowest BCUT2D eigenvalue weighted by Crippen LogP contribution is -2.38. The van der Waals surface area contributed by atoms with E-state index in [4.69, 9.17) is 8.94 Å². The molecule has 0 spiro atoms. The summed E-state index contributed by atoms with van der Waals surface area (Å²) in [7, 11) is 0. The van der Waals surface area contributed by atoms with Crippen LogP contribution in [0.3, 0.4) is 0 Å². The molecule has 0 aliphatic carbocycles. The highest BCUT2D eigenvalue weighted by atomic mass is 79.9. The number of likely N-dealkylation sites (tertiary alicyclic amines) is 1. The maximum Gasteiger partial charge on any atom is 0.290 e. The Labute approximate surface area is 117 Å². The highest BCUT2D eigenvalue weighted by molar-refractivity contribution is 9.10. The maximum absolute atomic E-state index is 12.4. The Morgan fingerprint density at radius 3 is 3.05 bits per heavy atom. The predicted octanol–water partition coefficient (Wildman–Crippen LogP) is 2.79. The van der Waals surface area contributed by atoms with E-state index < -0.39 is 0 Å². The van der Waals surface area contributed by atoms with Gasteiger partial charge in [-0.15, -0.1) is 0 Å². The second-order valence-electron chi connectivity index (χ2n) is 4.43. The first-order valence-corrected chi connectivity index (χ1v) is 6.86. The average Bonchev–Trinajstić information content (AvgIpc) is 3.09. The molecule has 19 heavy (non-hydrogen) atoms. The molecule has 0 N–H and O–H groups in total. The van der Waals surface area contributed by atoms with E-state index in [9.17, 15) is 4.79 Å². The van der Waals surface area contributed by atoms with Crippen LogP contribution in [0.4, 0.5) is 0 Å². The van der Waals surface area contributed by atoms with E-state index in [2.05, 4.69) is 26.1 Å². The Balaban J connectivity index is 1.86. The van der Waals surface area contributed by atoms with Gasteiger partial charge in [-0.3, -0.25) is 4.79 Å². The summed E-state index contributed by atoms with van der Waals surface area (Å²) < 4.78 is 10.8. The Kier molecular flexibility index (Phi) is 3.37. The van der Waals surface area contributed by atoms with Crippen LogP contribution in [0.5, 0.6) is 0 Å². The number of amides is 1. The minimum absolute atomic E-state index is 0.135. The van der Waals surface area contributed by atoms with Gasteiger partial charge >= 0.3 is 0 Å². The van der Waals surface area contributed by atoms with E-state index in [-0.39, 0.29) is 11.9 Å². The van der Waals surface area contributed by atoms with Crippen LogP contribution in [-0.4, -0.2) is 27.5 Å². The molecule has 100 valence electrons. The standard InChI is InChI=1S/C12H12BrN3O3/c13-8-5-10(18-6-8)12(17)16-4-2-1-3-9(16)11-14-7-19-15-11/h5-7,9H,1-4H2. The van der Waals surface area contributed by atoms with Crippen LogP contribution in [0.15, 0.2) is 32.1 Å². The van der Waals surface area contributed by atoms with Gasteiger partial charge in [0.2, 0.25) is 6.39 Å². The summed E-state index contributed by atoms with van der Waals surface area (Å²) in [4.78, 5) is 18.3. The van der Waals surface area contributed by atoms with Crippen LogP contribution in [0.1, 0.15) is 41.7 Å². The SMILES string of the molecule is O=C(c1cc(Br)co1)N1CCCCC1c1ncon1. The minimum atomic E-state index is -0.139. The third-order valence-corrected chi connectivity index (χ3v) is 3.63. The number of carbonyl (C=O) groups is 1. The topological polar surface area (TPSA) is 72.4 Å². The summed E-state index contributed by atoms with van der Waals surface area (Å²) in [5.41, 5.74) is 0. The van der Waals surface area contributed by atoms with E-state index in [0.717, 1.165) is 23.7 Å². The predicted molar refractivity (Wildman–Crippen MR) is 68.3 cm³/mol. The van der Waals surface area contributed by atoms with Crippen LogP contribution in [0, 0.1) is 0 Å². The molecular weight excluding hydrogens is 314 g/mol. The van der Waals surface area contributed by atoms with Gasteiger partial charge in [0.15, 0.2) is 11.6 Å². The number of aromatic nitrogens is 2. The van der Waals surface area contributed by atoms with Crippen LogP contribution in [0.25, 0.3) is 0 Å². The zero-order chi connectivity index (χ0) is 13.2. The van der Waals surface area contributed by atoms with Crippen LogP contribution in [0.2, 0.25) is 0 Å². The van der Waals surface area contributed by atoms with Crippen molar-refractivity contribution in [2.75, 3.05) is 6.54 Å². The molecule has 7 heteroatoms. The van der Waals surface area contributed by atoms with Crippen LogP contribution in [-0.2, 0) is 0 Å². The number of furan rings is 1. The molecule has 0 bridgehead atoms. The summed E-state index contributed by atoms with van der Waals surface area (Å²) in [5, 5.41) is 3.85. The van der Waals surface area contributed by atoms with Crippen molar-refractivity contribution in [2.24, 2.45) is 0 Å².